The Labute approximate surface area is 274 Å². The van der Waals surface area contributed by atoms with Crippen molar-refractivity contribution in [1.29, 1.82) is 0 Å². The van der Waals surface area contributed by atoms with E-state index in [0.29, 0.717) is 0 Å². The van der Waals surface area contributed by atoms with Gasteiger partial charge in [-0.2, -0.15) is 0 Å². The van der Waals surface area contributed by atoms with Crippen LogP contribution in [0.15, 0.2) is 24.3 Å². The fourth-order valence-electron chi connectivity index (χ4n) is 7.49. The van der Waals surface area contributed by atoms with Crippen molar-refractivity contribution >= 4 is 11.7 Å². The highest BCUT2D eigenvalue weighted by atomic mass is 15.3. The van der Waals surface area contributed by atoms with Gasteiger partial charge < -0.3 is 0 Å². The predicted molar refractivity (Wildman–Crippen MR) is 193 cm³/mol. The Morgan fingerprint density at radius 3 is 1.07 bits per heavy atom. The minimum absolute atomic E-state index is 1.17. The van der Waals surface area contributed by atoms with Gasteiger partial charge in [-0.25, -0.2) is 0 Å². The van der Waals surface area contributed by atoms with Crippen molar-refractivity contribution in [2.24, 2.45) is 0 Å². The van der Waals surface area contributed by atoms with Crippen molar-refractivity contribution < 1.29 is 9.15 Å². The molecule has 0 fully saturated rings. The molecule has 0 amide bonds. The fourth-order valence-corrected chi connectivity index (χ4v) is 7.49. The minimum Gasteiger partial charge on any atom is -0.264 e. The highest BCUT2D eigenvalue weighted by molar-refractivity contribution is 5.98. The SMILES string of the molecule is CCCCCCCCCCCCN1CCC[N+](C)=C1c1ccc(C2=[N+](C)CCCN2CCCCCCCCCCCC)cc1. The highest BCUT2D eigenvalue weighted by Gasteiger charge is 2.30. The summed E-state index contributed by atoms with van der Waals surface area (Å²) in [6.45, 7) is 11.7. The summed E-state index contributed by atoms with van der Waals surface area (Å²) in [5.41, 5.74) is 2.78. The van der Waals surface area contributed by atoms with Gasteiger partial charge in [0.25, 0.3) is 11.7 Å². The fraction of sp³-hybridized carbons (Fsp3) is 0.800. The van der Waals surface area contributed by atoms with E-state index in [4.69, 9.17) is 0 Å². The van der Waals surface area contributed by atoms with Gasteiger partial charge in [0.15, 0.2) is 0 Å². The third-order valence-electron chi connectivity index (χ3n) is 10.1. The van der Waals surface area contributed by atoms with Crippen molar-refractivity contribution in [2.75, 3.05) is 53.4 Å². The zero-order valence-electron chi connectivity index (χ0n) is 29.9. The average molecular weight is 609 g/mol. The predicted octanol–water partition coefficient (Wildman–Crippen LogP) is 9.72. The minimum atomic E-state index is 1.17. The lowest BCUT2D eigenvalue weighted by atomic mass is 10.0. The number of unbranched alkanes of at least 4 members (excludes halogenated alkanes) is 18. The highest BCUT2D eigenvalue weighted by Crippen LogP contribution is 2.18. The van der Waals surface area contributed by atoms with Crippen molar-refractivity contribution in [2.45, 2.75) is 155 Å². The molecule has 1 aromatic rings. The normalized spacial score (nSPS) is 16.0. The first kappa shape index (κ1) is 36.6. The molecule has 4 nitrogen and oxygen atoms in total. The van der Waals surface area contributed by atoms with Gasteiger partial charge in [0.2, 0.25) is 0 Å². The van der Waals surface area contributed by atoms with Crippen LogP contribution in [0.5, 0.6) is 0 Å². The molecule has 0 unspecified atom stereocenters. The van der Waals surface area contributed by atoms with Gasteiger partial charge in [0, 0.05) is 12.8 Å². The topological polar surface area (TPSA) is 12.5 Å². The Balaban J connectivity index is 1.46. The van der Waals surface area contributed by atoms with Gasteiger partial charge >= 0.3 is 0 Å². The van der Waals surface area contributed by atoms with Crippen LogP contribution in [0.1, 0.15) is 166 Å². The Morgan fingerprint density at radius 2 is 0.750 bits per heavy atom. The second-order valence-electron chi connectivity index (χ2n) is 14.1. The number of hydrogen-bond acceptors (Lipinski definition) is 2. The van der Waals surface area contributed by atoms with Crippen LogP contribution in [-0.4, -0.2) is 84.0 Å². The Hall–Kier alpha value is -1.84. The summed E-state index contributed by atoms with van der Waals surface area (Å²) in [5.74, 6) is 2.89. The second-order valence-corrected chi connectivity index (χ2v) is 14.1. The molecule has 3 rings (SSSR count). The Bertz CT molecular complexity index is 870. The molecular formula is C40H72N4+2. The molecule has 0 atom stereocenters. The van der Waals surface area contributed by atoms with E-state index in [-0.39, 0.29) is 0 Å². The zero-order chi connectivity index (χ0) is 31.2. The van der Waals surface area contributed by atoms with Crippen molar-refractivity contribution in [3.63, 3.8) is 0 Å². The van der Waals surface area contributed by atoms with Crippen LogP contribution in [0.2, 0.25) is 0 Å². The smallest absolute Gasteiger partial charge is 0.264 e. The molecule has 0 radical (unpaired) electrons. The van der Waals surface area contributed by atoms with Crippen LogP contribution in [-0.2, 0) is 0 Å². The van der Waals surface area contributed by atoms with Gasteiger partial charge in [-0.05, 0) is 49.9 Å². The maximum atomic E-state index is 2.68. The van der Waals surface area contributed by atoms with E-state index in [1.807, 2.05) is 0 Å². The first-order valence-corrected chi connectivity index (χ1v) is 19.4. The first-order valence-electron chi connectivity index (χ1n) is 19.4. The molecule has 0 spiro atoms. The van der Waals surface area contributed by atoms with E-state index < -0.39 is 0 Å². The number of amidine groups is 2. The van der Waals surface area contributed by atoms with Crippen LogP contribution in [0.3, 0.4) is 0 Å². The molecule has 2 heterocycles. The molecule has 2 aliphatic heterocycles. The van der Waals surface area contributed by atoms with Crippen molar-refractivity contribution in [1.82, 2.24) is 9.80 Å². The standard InChI is InChI=1S/C40H72N4/c1-5-7-9-11-13-15-17-19-21-23-33-43-35-25-31-41(3)39(43)37-27-29-38(30-28-37)40-42(4)32-26-36-44(40)34-24-22-20-18-16-14-12-10-8-6-2/h27-30H,5-26,31-36H2,1-4H3/q+2. The zero-order valence-corrected chi connectivity index (χ0v) is 29.9. The molecule has 0 aromatic heterocycles. The third kappa shape index (κ3) is 13.3. The number of benzene rings is 1. The number of hydrogen-bond donors (Lipinski definition) is 0. The van der Waals surface area contributed by atoms with E-state index in [1.165, 1.54) is 203 Å². The van der Waals surface area contributed by atoms with Gasteiger partial charge in [-0.3, -0.25) is 19.0 Å². The average Bonchev–Trinajstić information content (AvgIpc) is 3.03. The summed E-state index contributed by atoms with van der Waals surface area (Å²) in [4.78, 5) is 5.36. The molecule has 2 aliphatic rings. The number of rotatable bonds is 24. The summed E-state index contributed by atoms with van der Waals surface area (Å²) in [7, 11) is 4.59. The molecule has 250 valence electrons. The molecule has 0 aliphatic carbocycles. The molecule has 0 saturated carbocycles. The maximum Gasteiger partial charge on any atom is 0.278 e. The largest absolute Gasteiger partial charge is 0.278 e. The van der Waals surface area contributed by atoms with Crippen molar-refractivity contribution in [3.05, 3.63) is 35.4 Å². The monoisotopic (exact) mass is 609 g/mol. The molecule has 1 aromatic carbocycles. The van der Waals surface area contributed by atoms with Gasteiger partial charge in [-0.1, -0.05) is 117 Å². The molecule has 0 N–H and O–H groups in total. The summed E-state index contributed by atoms with van der Waals surface area (Å²) in [5, 5.41) is 0. The van der Waals surface area contributed by atoms with Crippen LogP contribution in [0.25, 0.3) is 0 Å². The van der Waals surface area contributed by atoms with Gasteiger partial charge in [-0.15, -0.1) is 0 Å². The van der Waals surface area contributed by atoms with Crippen LogP contribution in [0, 0.1) is 0 Å². The van der Waals surface area contributed by atoms with Gasteiger partial charge in [0.05, 0.1) is 64.5 Å². The lowest BCUT2D eigenvalue weighted by molar-refractivity contribution is -0.508. The summed E-state index contributed by atoms with van der Waals surface area (Å²) >= 11 is 0. The quantitative estimate of drug-likeness (QED) is 0.0856. The van der Waals surface area contributed by atoms with Gasteiger partial charge in [0.1, 0.15) is 0 Å². The molecule has 44 heavy (non-hydrogen) atoms. The van der Waals surface area contributed by atoms with Crippen molar-refractivity contribution in [3.8, 4) is 0 Å². The lowest BCUT2D eigenvalue weighted by Gasteiger charge is -2.27. The summed E-state index contributed by atoms with van der Waals surface area (Å²) in [6, 6.07) is 9.64. The Morgan fingerprint density at radius 1 is 0.455 bits per heavy atom. The number of nitrogens with zero attached hydrogens (tertiary/aromatic N) is 4. The molecule has 4 heteroatoms. The second kappa shape index (κ2) is 22.6. The maximum absolute atomic E-state index is 2.68. The van der Waals surface area contributed by atoms with Crippen LogP contribution in [0.4, 0.5) is 0 Å². The molecular weight excluding hydrogens is 536 g/mol. The first-order chi connectivity index (χ1) is 21.7. The van der Waals surface area contributed by atoms with Crippen LogP contribution < -0.4 is 0 Å². The molecule has 0 bridgehead atoms. The lowest BCUT2D eigenvalue weighted by Crippen LogP contribution is -2.45. The molecule has 0 saturated heterocycles. The van der Waals surface area contributed by atoms with E-state index in [0.717, 1.165) is 0 Å². The van der Waals surface area contributed by atoms with E-state index in [9.17, 15) is 0 Å². The van der Waals surface area contributed by atoms with E-state index in [2.05, 4.69) is 71.2 Å². The summed E-state index contributed by atoms with van der Waals surface area (Å²) in [6.07, 6.45) is 30.6. The third-order valence-corrected chi connectivity index (χ3v) is 10.1. The summed E-state index contributed by atoms with van der Waals surface area (Å²) < 4.78 is 5.01. The van der Waals surface area contributed by atoms with Crippen LogP contribution >= 0.6 is 0 Å². The van der Waals surface area contributed by atoms with E-state index >= 15 is 0 Å². The Kier molecular flexibility index (Phi) is 18.8. The van der Waals surface area contributed by atoms with E-state index in [1.54, 1.807) is 0 Å².